The van der Waals surface area contributed by atoms with Crippen LogP contribution in [0, 0.1) is 0 Å². The van der Waals surface area contributed by atoms with Crippen LogP contribution in [0.25, 0.3) is 0 Å². The summed E-state index contributed by atoms with van der Waals surface area (Å²) in [6.45, 7) is 3.73. The van der Waals surface area contributed by atoms with E-state index in [-0.39, 0.29) is 11.7 Å². The number of amides is 1. The van der Waals surface area contributed by atoms with Gasteiger partial charge in [-0.2, -0.15) is 0 Å². The molecule has 92 valence electrons. The molecular weight excluding hydrogens is 202 g/mol. The van der Waals surface area contributed by atoms with Gasteiger partial charge in [0.25, 0.3) is 5.91 Å². The van der Waals surface area contributed by atoms with Crippen molar-refractivity contribution in [3.63, 3.8) is 0 Å². The second kappa shape index (κ2) is 7.42. The zero-order valence-electron chi connectivity index (χ0n) is 10.3. The summed E-state index contributed by atoms with van der Waals surface area (Å²) in [4.78, 5) is 24.9. The Morgan fingerprint density at radius 1 is 1.00 bits per heavy atom. The lowest BCUT2D eigenvalue weighted by Gasteiger charge is -2.13. The molecule has 1 aliphatic heterocycles. The summed E-state index contributed by atoms with van der Waals surface area (Å²) in [6.07, 6.45) is 8.12. The molecule has 3 nitrogen and oxygen atoms in total. The second-order valence-electron chi connectivity index (χ2n) is 4.59. The highest BCUT2D eigenvalue weighted by Crippen LogP contribution is 2.10. The Morgan fingerprint density at radius 3 is 2.25 bits per heavy atom. The molecule has 1 fully saturated rings. The number of Topliss-reactive ketones (excluding diaryl/α,β-unsaturated/α-hetero) is 1. The third-order valence-corrected chi connectivity index (χ3v) is 3.14. The summed E-state index contributed by atoms with van der Waals surface area (Å²) < 4.78 is 0. The predicted molar refractivity (Wildman–Crippen MR) is 64.2 cm³/mol. The molecule has 0 aliphatic carbocycles. The molecule has 0 aromatic carbocycles. The number of likely N-dealkylation sites (tertiary alicyclic amines) is 1. The molecule has 0 bridgehead atoms. The molecule has 0 aromatic heterocycles. The quantitative estimate of drug-likeness (QED) is 0.493. The molecule has 1 rings (SSSR count). The maximum Gasteiger partial charge on any atom is 0.289 e. The lowest BCUT2D eigenvalue weighted by molar-refractivity contribution is -0.144. The van der Waals surface area contributed by atoms with E-state index in [4.69, 9.17) is 0 Å². The number of carbonyl (C=O) groups excluding carboxylic acids is 2. The molecule has 1 aliphatic rings. The van der Waals surface area contributed by atoms with Crippen molar-refractivity contribution in [1.82, 2.24) is 4.90 Å². The van der Waals surface area contributed by atoms with Gasteiger partial charge < -0.3 is 4.90 Å². The van der Waals surface area contributed by atoms with E-state index in [0.717, 1.165) is 38.8 Å². The molecule has 1 saturated heterocycles. The lowest BCUT2D eigenvalue weighted by atomic mass is 10.1. The van der Waals surface area contributed by atoms with Gasteiger partial charge in [0.15, 0.2) is 0 Å². The smallest absolute Gasteiger partial charge is 0.289 e. The van der Waals surface area contributed by atoms with E-state index < -0.39 is 0 Å². The van der Waals surface area contributed by atoms with Gasteiger partial charge >= 0.3 is 0 Å². The fraction of sp³-hybridized carbons (Fsp3) is 0.846. The van der Waals surface area contributed by atoms with Crippen LogP contribution >= 0.6 is 0 Å². The number of hydrogen-bond donors (Lipinski definition) is 0. The summed E-state index contributed by atoms with van der Waals surface area (Å²) in [6, 6.07) is 0. The summed E-state index contributed by atoms with van der Waals surface area (Å²) in [5.74, 6) is -0.425. The minimum atomic E-state index is -0.243. The van der Waals surface area contributed by atoms with E-state index >= 15 is 0 Å². The second-order valence-corrected chi connectivity index (χ2v) is 4.59. The molecule has 0 N–H and O–H groups in total. The van der Waals surface area contributed by atoms with E-state index in [9.17, 15) is 9.59 Å². The van der Waals surface area contributed by atoms with Crippen LogP contribution < -0.4 is 0 Å². The van der Waals surface area contributed by atoms with Crippen LogP contribution in [0.1, 0.15) is 58.3 Å². The van der Waals surface area contributed by atoms with Gasteiger partial charge in [-0.15, -0.1) is 0 Å². The highest BCUT2D eigenvalue weighted by molar-refractivity contribution is 6.36. The molecule has 0 aromatic rings. The minimum Gasteiger partial charge on any atom is -0.336 e. The van der Waals surface area contributed by atoms with Crippen molar-refractivity contribution in [3.8, 4) is 0 Å². The molecular formula is C13H23NO2. The normalized spacial score (nSPS) is 15.4. The number of carbonyl (C=O) groups is 2. The molecule has 0 radical (unpaired) electrons. The summed E-state index contributed by atoms with van der Waals surface area (Å²) in [7, 11) is 0. The van der Waals surface area contributed by atoms with Crippen molar-refractivity contribution in [2.45, 2.75) is 58.3 Å². The van der Waals surface area contributed by atoms with Gasteiger partial charge in [0.1, 0.15) is 0 Å². The summed E-state index contributed by atoms with van der Waals surface area (Å²) >= 11 is 0. The van der Waals surface area contributed by atoms with Gasteiger partial charge in [-0.05, 0) is 19.3 Å². The third-order valence-electron chi connectivity index (χ3n) is 3.14. The Labute approximate surface area is 98.2 Å². The Bertz CT molecular complexity index is 232. The minimum absolute atomic E-state index is 0.182. The van der Waals surface area contributed by atoms with E-state index in [2.05, 4.69) is 6.92 Å². The van der Waals surface area contributed by atoms with Crippen molar-refractivity contribution >= 4 is 11.7 Å². The first-order valence-corrected chi connectivity index (χ1v) is 6.57. The Hall–Kier alpha value is -0.860. The maximum atomic E-state index is 11.6. The number of unbranched alkanes of at least 4 members (excludes halogenated alkanes) is 4. The zero-order valence-corrected chi connectivity index (χ0v) is 10.3. The number of rotatable bonds is 7. The van der Waals surface area contributed by atoms with Crippen molar-refractivity contribution < 1.29 is 9.59 Å². The Morgan fingerprint density at radius 2 is 1.62 bits per heavy atom. The first-order chi connectivity index (χ1) is 7.75. The highest BCUT2D eigenvalue weighted by atomic mass is 16.2. The molecule has 1 heterocycles. The van der Waals surface area contributed by atoms with Crippen LogP contribution in [0.4, 0.5) is 0 Å². The van der Waals surface area contributed by atoms with Crippen LogP contribution in [-0.4, -0.2) is 29.7 Å². The van der Waals surface area contributed by atoms with Crippen LogP contribution in [0.15, 0.2) is 0 Å². The van der Waals surface area contributed by atoms with E-state index in [1.54, 1.807) is 4.90 Å². The average molecular weight is 225 g/mol. The molecule has 3 heteroatoms. The largest absolute Gasteiger partial charge is 0.336 e. The number of ketones is 1. The Balaban J connectivity index is 2.11. The van der Waals surface area contributed by atoms with Crippen LogP contribution in [0.2, 0.25) is 0 Å². The molecule has 0 atom stereocenters. The van der Waals surface area contributed by atoms with Crippen molar-refractivity contribution in [2.24, 2.45) is 0 Å². The molecule has 0 saturated carbocycles. The fourth-order valence-electron chi connectivity index (χ4n) is 2.09. The first kappa shape index (κ1) is 13.2. The SMILES string of the molecule is CCCCCCCC(=O)C(=O)N1CCCC1. The van der Waals surface area contributed by atoms with Crippen LogP contribution in [0.5, 0.6) is 0 Å². The molecule has 1 amide bonds. The average Bonchev–Trinajstić information content (AvgIpc) is 2.81. The molecule has 0 unspecified atom stereocenters. The van der Waals surface area contributed by atoms with Crippen molar-refractivity contribution in [3.05, 3.63) is 0 Å². The van der Waals surface area contributed by atoms with Gasteiger partial charge in [0.2, 0.25) is 5.78 Å². The van der Waals surface area contributed by atoms with E-state index in [1.165, 1.54) is 19.3 Å². The van der Waals surface area contributed by atoms with Gasteiger partial charge in [-0.1, -0.05) is 32.6 Å². The van der Waals surface area contributed by atoms with Crippen molar-refractivity contribution in [2.75, 3.05) is 13.1 Å². The molecule has 0 spiro atoms. The Kier molecular flexibility index (Phi) is 6.12. The van der Waals surface area contributed by atoms with Gasteiger partial charge in [-0.3, -0.25) is 9.59 Å². The summed E-state index contributed by atoms with van der Waals surface area (Å²) in [5, 5.41) is 0. The number of nitrogens with zero attached hydrogens (tertiary/aromatic N) is 1. The van der Waals surface area contributed by atoms with Crippen molar-refractivity contribution in [1.29, 1.82) is 0 Å². The standard InChI is InChI=1S/C13H23NO2/c1-2-3-4-5-6-9-12(15)13(16)14-10-7-8-11-14/h2-11H2,1H3. The van der Waals surface area contributed by atoms with Crippen LogP contribution in [0.3, 0.4) is 0 Å². The topological polar surface area (TPSA) is 37.4 Å². The molecule has 16 heavy (non-hydrogen) atoms. The first-order valence-electron chi connectivity index (χ1n) is 6.57. The maximum absolute atomic E-state index is 11.6. The third kappa shape index (κ3) is 4.33. The van der Waals surface area contributed by atoms with E-state index in [1.807, 2.05) is 0 Å². The van der Waals surface area contributed by atoms with Gasteiger partial charge in [-0.25, -0.2) is 0 Å². The zero-order chi connectivity index (χ0) is 11.8. The van der Waals surface area contributed by atoms with E-state index in [0.29, 0.717) is 6.42 Å². The van der Waals surface area contributed by atoms with Gasteiger partial charge in [0.05, 0.1) is 0 Å². The summed E-state index contributed by atoms with van der Waals surface area (Å²) in [5.41, 5.74) is 0. The lowest BCUT2D eigenvalue weighted by Crippen LogP contribution is -2.33. The fourth-order valence-corrected chi connectivity index (χ4v) is 2.09. The number of hydrogen-bond acceptors (Lipinski definition) is 2. The van der Waals surface area contributed by atoms with Gasteiger partial charge in [0, 0.05) is 19.5 Å². The monoisotopic (exact) mass is 225 g/mol. The van der Waals surface area contributed by atoms with Crippen LogP contribution in [-0.2, 0) is 9.59 Å². The highest BCUT2D eigenvalue weighted by Gasteiger charge is 2.23. The predicted octanol–water partition coefficient (Wildman–Crippen LogP) is 2.54.